The van der Waals surface area contributed by atoms with Gasteiger partial charge in [0, 0.05) is 18.9 Å². The van der Waals surface area contributed by atoms with Crippen LogP contribution in [0.3, 0.4) is 0 Å². The van der Waals surface area contributed by atoms with Gasteiger partial charge in [-0.3, -0.25) is 4.79 Å². The molecule has 0 radical (unpaired) electrons. The van der Waals surface area contributed by atoms with Crippen LogP contribution >= 0.6 is 0 Å². The number of oxime groups is 1. The summed E-state index contributed by atoms with van der Waals surface area (Å²) < 4.78 is 18.3. The highest BCUT2D eigenvalue weighted by Gasteiger charge is 2.33. The second-order valence-electron chi connectivity index (χ2n) is 10.5. The second kappa shape index (κ2) is 13.4. The summed E-state index contributed by atoms with van der Waals surface area (Å²) in [6.45, 7) is 4.85. The normalized spacial score (nSPS) is 14.5. The van der Waals surface area contributed by atoms with Crippen molar-refractivity contribution in [3.8, 4) is 11.5 Å². The molecule has 1 amide bonds. The van der Waals surface area contributed by atoms with E-state index < -0.39 is 12.0 Å². The zero-order valence-electron chi connectivity index (χ0n) is 23.8. The number of benzene rings is 3. The van der Waals surface area contributed by atoms with Crippen molar-refractivity contribution in [3.63, 3.8) is 0 Å². The molecule has 1 unspecified atom stereocenters. The van der Waals surface area contributed by atoms with Crippen LogP contribution in [0.15, 0.2) is 82.5 Å². The van der Waals surface area contributed by atoms with Crippen LogP contribution in [0.2, 0.25) is 0 Å². The maximum absolute atomic E-state index is 12.1. The Morgan fingerprint density at radius 1 is 0.976 bits per heavy atom. The molecule has 218 valence electrons. The molecule has 3 N–H and O–H groups in total. The van der Waals surface area contributed by atoms with Crippen molar-refractivity contribution in [1.29, 1.82) is 0 Å². The van der Waals surface area contributed by atoms with Crippen molar-refractivity contribution in [2.24, 2.45) is 10.9 Å². The Kier molecular flexibility index (Phi) is 9.18. The number of primary amides is 1. The molecule has 9 heteroatoms. The molecular formula is C33H35N3O6. The lowest BCUT2D eigenvalue weighted by Crippen LogP contribution is -2.16. The number of hydrogen-bond donors (Lipinski definition) is 2. The first kappa shape index (κ1) is 28.9. The number of aryl methyl sites for hydroxylation is 2. The van der Waals surface area contributed by atoms with E-state index in [0.717, 1.165) is 28.0 Å². The van der Waals surface area contributed by atoms with E-state index in [-0.39, 0.29) is 18.2 Å². The van der Waals surface area contributed by atoms with Gasteiger partial charge >= 0.3 is 0 Å². The van der Waals surface area contributed by atoms with Crippen LogP contribution in [-0.4, -0.2) is 28.5 Å². The Labute approximate surface area is 244 Å². The highest BCUT2D eigenvalue weighted by molar-refractivity contribution is 5.93. The molecule has 0 bridgehead atoms. The lowest BCUT2D eigenvalue weighted by molar-refractivity contribution is 0.0819. The number of nitrogens with zero attached hydrogens (tertiary/aromatic N) is 2. The Balaban J connectivity index is 1.44. The number of carbonyl (C=O) groups is 1. The fourth-order valence-electron chi connectivity index (χ4n) is 4.95. The number of amides is 1. The van der Waals surface area contributed by atoms with E-state index in [0.29, 0.717) is 55.3 Å². The number of aliphatic hydroxyl groups excluding tert-OH is 1. The fourth-order valence-corrected chi connectivity index (χ4v) is 4.95. The van der Waals surface area contributed by atoms with E-state index in [9.17, 15) is 9.90 Å². The maximum atomic E-state index is 12.1. The molecule has 42 heavy (non-hydrogen) atoms. The Bertz CT molecular complexity index is 1530. The first-order valence-corrected chi connectivity index (χ1v) is 14.0. The third-order valence-corrected chi connectivity index (χ3v) is 7.18. The molecule has 4 aromatic rings. The van der Waals surface area contributed by atoms with Crippen LogP contribution < -0.4 is 15.2 Å². The van der Waals surface area contributed by atoms with Gasteiger partial charge in [-0.15, -0.1) is 0 Å². The summed E-state index contributed by atoms with van der Waals surface area (Å²) in [6, 6.07) is 24.1. The Morgan fingerprint density at radius 2 is 1.62 bits per heavy atom. The van der Waals surface area contributed by atoms with Crippen LogP contribution in [-0.2, 0) is 30.9 Å². The van der Waals surface area contributed by atoms with E-state index in [4.69, 9.17) is 24.6 Å². The first-order chi connectivity index (χ1) is 20.4. The van der Waals surface area contributed by atoms with Crippen molar-refractivity contribution in [3.05, 3.63) is 112 Å². The molecule has 2 heterocycles. The van der Waals surface area contributed by atoms with E-state index in [1.54, 1.807) is 0 Å². The quantitative estimate of drug-likeness (QED) is 0.213. The summed E-state index contributed by atoms with van der Waals surface area (Å²) in [5, 5.41) is 17.3. The zero-order valence-corrected chi connectivity index (χ0v) is 23.8. The first-order valence-electron chi connectivity index (χ1n) is 14.0. The fraction of sp³-hybridized carbons (Fsp3) is 0.303. The van der Waals surface area contributed by atoms with E-state index >= 15 is 0 Å². The third-order valence-electron chi connectivity index (χ3n) is 7.18. The molecule has 5 rings (SSSR count). The smallest absolute Gasteiger partial charge is 0.271 e. The Morgan fingerprint density at radius 3 is 2.19 bits per heavy atom. The standard InChI is InChI=1S/C33H35N3O6/c1-21(2)26-15-24(13-14-27-31(32(33(34)38)36-41-27)30-16-25(18-37)35-42-30)28(39-19-22-9-5-3-6-10-22)17-29(26)40-20-23-11-7-4-8-12-23/h3-12,15,17,21,30,37H,13-14,16,18-20H2,1-2H3,(H2,34,38). The monoisotopic (exact) mass is 569 g/mol. The van der Waals surface area contributed by atoms with Crippen LogP contribution in [0.1, 0.15) is 76.4 Å². The van der Waals surface area contributed by atoms with Crippen molar-refractivity contribution in [2.45, 2.75) is 58.3 Å². The van der Waals surface area contributed by atoms with Gasteiger partial charge in [-0.25, -0.2) is 0 Å². The number of ether oxygens (including phenoxy) is 2. The summed E-state index contributed by atoms with van der Waals surface area (Å²) >= 11 is 0. The predicted molar refractivity (Wildman–Crippen MR) is 157 cm³/mol. The molecule has 1 aliphatic heterocycles. The number of rotatable bonds is 13. The molecule has 0 spiro atoms. The maximum Gasteiger partial charge on any atom is 0.271 e. The minimum Gasteiger partial charge on any atom is -0.488 e. The van der Waals surface area contributed by atoms with Gasteiger partial charge in [0.2, 0.25) is 0 Å². The molecule has 3 aromatic carbocycles. The molecule has 0 saturated heterocycles. The summed E-state index contributed by atoms with van der Waals surface area (Å²) in [4.78, 5) is 17.6. The van der Waals surface area contributed by atoms with E-state index in [1.807, 2.05) is 66.7 Å². The van der Waals surface area contributed by atoms with Gasteiger partial charge in [-0.1, -0.05) is 84.8 Å². The molecule has 0 saturated carbocycles. The molecule has 9 nitrogen and oxygen atoms in total. The summed E-state index contributed by atoms with van der Waals surface area (Å²) in [5.41, 5.74) is 10.7. The van der Waals surface area contributed by atoms with E-state index in [1.165, 1.54) is 0 Å². The molecule has 1 aromatic heterocycles. The number of aromatic nitrogens is 1. The Hall–Kier alpha value is -4.63. The van der Waals surface area contributed by atoms with Gasteiger partial charge in [0.25, 0.3) is 5.91 Å². The van der Waals surface area contributed by atoms with Gasteiger partial charge in [0.05, 0.1) is 17.9 Å². The average molecular weight is 570 g/mol. The number of aliphatic hydroxyl groups is 1. The van der Waals surface area contributed by atoms with E-state index in [2.05, 4.69) is 30.2 Å². The van der Waals surface area contributed by atoms with Gasteiger partial charge < -0.3 is 29.7 Å². The second-order valence-corrected chi connectivity index (χ2v) is 10.5. The lowest BCUT2D eigenvalue weighted by Gasteiger charge is -2.20. The summed E-state index contributed by atoms with van der Waals surface area (Å²) in [7, 11) is 0. The van der Waals surface area contributed by atoms with Crippen molar-refractivity contribution < 1.29 is 28.7 Å². The number of nitrogens with two attached hydrogens (primary N) is 1. The zero-order chi connectivity index (χ0) is 29.5. The van der Waals surface area contributed by atoms with Crippen molar-refractivity contribution in [2.75, 3.05) is 6.61 Å². The topological polar surface area (TPSA) is 129 Å². The van der Waals surface area contributed by atoms with Crippen molar-refractivity contribution in [1.82, 2.24) is 5.16 Å². The minimum atomic E-state index is -0.713. The number of carbonyl (C=O) groups excluding carboxylic acids is 1. The van der Waals surface area contributed by atoms with Crippen LogP contribution in [0.5, 0.6) is 11.5 Å². The third kappa shape index (κ3) is 6.80. The molecule has 0 fully saturated rings. The predicted octanol–water partition coefficient (Wildman–Crippen LogP) is 5.65. The van der Waals surface area contributed by atoms with Gasteiger partial charge in [-0.2, -0.15) is 0 Å². The summed E-state index contributed by atoms with van der Waals surface area (Å²) in [6.07, 6.45) is 0.656. The minimum absolute atomic E-state index is 0.0115. The number of hydrogen-bond acceptors (Lipinski definition) is 8. The molecule has 1 aliphatic rings. The van der Waals surface area contributed by atoms with Gasteiger partial charge in [-0.05, 0) is 40.7 Å². The van der Waals surface area contributed by atoms with Gasteiger partial charge in [0.1, 0.15) is 30.5 Å². The SMILES string of the molecule is CC(C)c1cc(CCc2onc(C(N)=O)c2C2CC(CO)=NO2)c(OCc2ccccc2)cc1OCc1ccccc1. The summed E-state index contributed by atoms with van der Waals surface area (Å²) in [5.74, 6) is 1.43. The van der Waals surface area contributed by atoms with Crippen LogP contribution in [0.4, 0.5) is 0 Å². The molecular weight excluding hydrogens is 534 g/mol. The highest BCUT2D eigenvalue weighted by atomic mass is 16.6. The molecule has 1 atom stereocenters. The van der Waals surface area contributed by atoms with Crippen molar-refractivity contribution >= 4 is 11.6 Å². The van der Waals surface area contributed by atoms with Crippen LogP contribution in [0.25, 0.3) is 0 Å². The largest absolute Gasteiger partial charge is 0.488 e. The molecule has 0 aliphatic carbocycles. The average Bonchev–Trinajstić information content (AvgIpc) is 3.66. The lowest BCUT2D eigenvalue weighted by atomic mass is 9.95. The van der Waals surface area contributed by atoms with Gasteiger partial charge in [0.15, 0.2) is 11.8 Å². The van der Waals surface area contributed by atoms with Crippen LogP contribution in [0, 0.1) is 0 Å². The highest BCUT2D eigenvalue weighted by Crippen LogP contribution is 2.37.